The lowest BCUT2D eigenvalue weighted by Gasteiger charge is -2.34. The Labute approximate surface area is 201 Å². The van der Waals surface area contributed by atoms with Crippen LogP contribution in [0.4, 0.5) is 0 Å². The quantitative estimate of drug-likeness (QED) is 0.213. The van der Waals surface area contributed by atoms with Gasteiger partial charge < -0.3 is 35.0 Å². The van der Waals surface area contributed by atoms with Gasteiger partial charge in [0.1, 0.15) is 36.6 Å². The van der Waals surface area contributed by atoms with Crippen molar-refractivity contribution in [2.24, 2.45) is 0 Å². The van der Waals surface area contributed by atoms with Crippen LogP contribution in [0.1, 0.15) is 43.2 Å². The van der Waals surface area contributed by atoms with E-state index in [0.29, 0.717) is 30.2 Å². The summed E-state index contributed by atoms with van der Waals surface area (Å²) in [6.45, 7) is 1.14. The molecule has 9 heteroatoms. The maximum absolute atomic E-state index is 12.0. The largest absolute Gasteiger partial charge is 0.508 e. The van der Waals surface area contributed by atoms with Crippen LogP contribution in [0.5, 0.6) is 17.2 Å². The van der Waals surface area contributed by atoms with Crippen LogP contribution < -0.4 is 14.8 Å². The van der Waals surface area contributed by atoms with Crippen molar-refractivity contribution in [1.82, 2.24) is 5.32 Å². The fraction of sp³-hybridized carbons (Fsp3) is 0.520. The van der Waals surface area contributed by atoms with Crippen LogP contribution in [0.25, 0.3) is 0 Å². The fourth-order valence-electron chi connectivity index (χ4n) is 4.15. The molecule has 1 saturated carbocycles. The number of rotatable bonds is 13. The maximum atomic E-state index is 12.0. The van der Waals surface area contributed by atoms with Crippen molar-refractivity contribution in [1.29, 1.82) is 0 Å². The van der Waals surface area contributed by atoms with E-state index in [9.17, 15) is 24.8 Å². The molecular weight excluding hydrogens is 457 g/mol. The molecule has 2 atom stereocenters. The SMILES string of the molecule is O=[P@@H](O)C1(COc2ccc(CCNCC(O)COc3ccc(O)c(CO)c3)cc2)CCCCC1. The highest BCUT2D eigenvalue weighted by Crippen LogP contribution is 2.46. The molecule has 1 fully saturated rings. The van der Waals surface area contributed by atoms with E-state index in [2.05, 4.69) is 5.32 Å². The number of phenols is 1. The van der Waals surface area contributed by atoms with Gasteiger partial charge in [0.15, 0.2) is 8.03 Å². The number of aliphatic hydroxyl groups is 2. The molecule has 0 amide bonds. The van der Waals surface area contributed by atoms with Crippen molar-refractivity contribution in [3.05, 3.63) is 53.6 Å². The second-order valence-electron chi connectivity index (χ2n) is 8.95. The van der Waals surface area contributed by atoms with Crippen molar-refractivity contribution < 1.29 is 34.3 Å². The molecule has 2 aromatic carbocycles. The molecule has 8 nitrogen and oxygen atoms in total. The average Bonchev–Trinajstić information content (AvgIpc) is 2.86. The summed E-state index contributed by atoms with van der Waals surface area (Å²) in [4.78, 5) is 9.85. The molecule has 0 spiro atoms. The fourth-order valence-corrected chi connectivity index (χ4v) is 5.13. The van der Waals surface area contributed by atoms with Crippen LogP contribution in [-0.4, -0.2) is 57.8 Å². The first-order chi connectivity index (χ1) is 16.4. The Morgan fingerprint density at radius 2 is 1.74 bits per heavy atom. The highest BCUT2D eigenvalue weighted by molar-refractivity contribution is 7.40. The summed E-state index contributed by atoms with van der Waals surface area (Å²) < 4.78 is 23.4. The number of hydrogen-bond donors (Lipinski definition) is 5. The van der Waals surface area contributed by atoms with Gasteiger partial charge in [-0.15, -0.1) is 0 Å². The van der Waals surface area contributed by atoms with E-state index < -0.39 is 19.3 Å². The maximum Gasteiger partial charge on any atom is 0.198 e. The van der Waals surface area contributed by atoms with Gasteiger partial charge >= 0.3 is 0 Å². The first-order valence-electron chi connectivity index (χ1n) is 11.8. The summed E-state index contributed by atoms with van der Waals surface area (Å²) in [6, 6.07) is 12.3. The summed E-state index contributed by atoms with van der Waals surface area (Å²) in [5.74, 6) is 1.19. The highest BCUT2D eigenvalue weighted by atomic mass is 31.1. The number of ether oxygens (including phenoxy) is 2. The van der Waals surface area contributed by atoms with Crippen LogP contribution in [0, 0.1) is 0 Å². The summed E-state index contributed by atoms with van der Waals surface area (Å²) in [7, 11) is -2.65. The molecule has 0 heterocycles. The zero-order valence-corrected chi connectivity index (χ0v) is 20.4. The van der Waals surface area contributed by atoms with Crippen LogP contribution in [0.2, 0.25) is 0 Å². The number of benzene rings is 2. The zero-order valence-electron chi connectivity index (χ0n) is 19.4. The Kier molecular flexibility index (Phi) is 10.2. The molecule has 34 heavy (non-hydrogen) atoms. The second kappa shape index (κ2) is 13.1. The molecule has 5 N–H and O–H groups in total. The minimum atomic E-state index is -2.65. The average molecular weight is 494 g/mol. The van der Waals surface area contributed by atoms with E-state index in [1.807, 2.05) is 24.3 Å². The summed E-state index contributed by atoms with van der Waals surface area (Å²) in [5, 5.41) is 31.5. The molecule has 0 radical (unpaired) electrons. The first-order valence-corrected chi connectivity index (χ1v) is 13.2. The summed E-state index contributed by atoms with van der Waals surface area (Å²) in [6.07, 6.45) is 4.66. The predicted octanol–water partition coefficient (Wildman–Crippen LogP) is 3.01. The van der Waals surface area contributed by atoms with Crippen LogP contribution in [-0.2, 0) is 17.6 Å². The Morgan fingerprint density at radius 1 is 1.03 bits per heavy atom. The van der Waals surface area contributed by atoms with Gasteiger partial charge in [-0.25, -0.2) is 0 Å². The molecule has 1 aliphatic rings. The van der Waals surface area contributed by atoms with E-state index >= 15 is 0 Å². The Morgan fingerprint density at radius 3 is 2.41 bits per heavy atom. The van der Waals surface area contributed by atoms with Crippen molar-refractivity contribution in [2.45, 2.75) is 56.4 Å². The molecule has 0 bridgehead atoms. The van der Waals surface area contributed by atoms with Gasteiger partial charge in [0.05, 0.1) is 11.8 Å². The molecule has 2 aromatic rings. The number of aliphatic hydroxyl groups excluding tert-OH is 2. The lowest BCUT2D eigenvalue weighted by molar-refractivity contribution is 0.106. The Bertz CT molecular complexity index is 916. The normalized spacial score (nSPS) is 17.1. The molecule has 188 valence electrons. The van der Waals surface area contributed by atoms with Crippen molar-refractivity contribution in [3.8, 4) is 17.2 Å². The van der Waals surface area contributed by atoms with Gasteiger partial charge in [-0.3, -0.25) is 4.57 Å². The van der Waals surface area contributed by atoms with Gasteiger partial charge in [0.2, 0.25) is 0 Å². The predicted molar refractivity (Wildman–Crippen MR) is 131 cm³/mol. The molecule has 1 unspecified atom stereocenters. The van der Waals surface area contributed by atoms with Gasteiger partial charge in [-0.05, 0) is 61.7 Å². The van der Waals surface area contributed by atoms with Crippen LogP contribution in [0.15, 0.2) is 42.5 Å². The molecule has 0 aliphatic heterocycles. The van der Waals surface area contributed by atoms with Crippen molar-refractivity contribution in [3.63, 3.8) is 0 Å². The lowest BCUT2D eigenvalue weighted by atomic mass is 9.89. The Hall–Kier alpha value is -2.09. The monoisotopic (exact) mass is 493 g/mol. The van der Waals surface area contributed by atoms with E-state index in [0.717, 1.165) is 44.1 Å². The molecular formula is C25H36NO7P. The van der Waals surface area contributed by atoms with Gasteiger partial charge in [0, 0.05) is 12.1 Å². The third-order valence-electron chi connectivity index (χ3n) is 6.34. The minimum Gasteiger partial charge on any atom is -0.508 e. The van der Waals surface area contributed by atoms with E-state index in [-0.39, 0.29) is 25.6 Å². The lowest BCUT2D eigenvalue weighted by Crippen LogP contribution is -2.34. The second-order valence-corrected chi connectivity index (χ2v) is 10.6. The van der Waals surface area contributed by atoms with Crippen molar-refractivity contribution >= 4 is 8.03 Å². The van der Waals surface area contributed by atoms with Crippen LogP contribution >= 0.6 is 8.03 Å². The van der Waals surface area contributed by atoms with E-state index in [4.69, 9.17) is 9.47 Å². The van der Waals surface area contributed by atoms with Gasteiger partial charge in [-0.2, -0.15) is 0 Å². The molecule has 1 aliphatic carbocycles. The van der Waals surface area contributed by atoms with Gasteiger partial charge in [-0.1, -0.05) is 31.4 Å². The minimum absolute atomic E-state index is 0.00674. The number of hydrogen-bond acceptors (Lipinski definition) is 7. The zero-order chi connectivity index (χ0) is 24.4. The molecule has 3 rings (SSSR count). The van der Waals surface area contributed by atoms with Crippen molar-refractivity contribution in [2.75, 3.05) is 26.3 Å². The standard InChI is InChI=1S/C25H36NO7P/c27-16-20-14-23(8-9-24(20)29)32-17-21(28)15-26-13-10-19-4-6-22(7-5-19)33-18-25(34(30)31)11-2-1-3-12-25/h4-9,14,21,26-29,34H,1-3,10-13,15-18H2,(H,30,31). The Balaban J connectivity index is 1.34. The number of aromatic hydroxyl groups is 1. The number of nitrogens with one attached hydrogen (secondary N) is 1. The smallest absolute Gasteiger partial charge is 0.198 e. The topological polar surface area (TPSA) is 128 Å². The summed E-state index contributed by atoms with van der Waals surface area (Å²) in [5.41, 5.74) is 1.49. The van der Waals surface area contributed by atoms with Gasteiger partial charge in [0.25, 0.3) is 0 Å². The summed E-state index contributed by atoms with van der Waals surface area (Å²) >= 11 is 0. The molecule has 0 aromatic heterocycles. The van der Waals surface area contributed by atoms with E-state index in [1.54, 1.807) is 12.1 Å². The third-order valence-corrected chi connectivity index (χ3v) is 7.89. The van der Waals surface area contributed by atoms with Crippen LogP contribution in [0.3, 0.4) is 0 Å². The highest BCUT2D eigenvalue weighted by Gasteiger charge is 2.38. The van der Waals surface area contributed by atoms with E-state index in [1.165, 1.54) is 6.07 Å². The first kappa shape index (κ1) is 26.5. The third kappa shape index (κ3) is 7.72. The molecule has 0 saturated heterocycles.